The van der Waals surface area contributed by atoms with Crippen LogP contribution >= 0.6 is 0 Å². The molecule has 0 aliphatic heterocycles. The highest BCUT2D eigenvalue weighted by Gasteiger charge is 2.40. The van der Waals surface area contributed by atoms with Gasteiger partial charge >= 0.3 is 0 Å². The molecule has 0 aromatic heterocycles. The Hall–Kier alpha value is -1.35. The van der Waals surface area contributed by atoms with Gasteiger partial charge in [0.2, 0.25) is 5.91 Å². The molecule has 3 heteroatoms. The van der Waals surface area contributed by atoms with E-state index in [0.717, 1.165) is 19.3 Å². The summed E-state index contributed by atoms with van der Waals surface area (Å²) in [5.41, 5.74) is 7.53. The number of carbonyl (C=O) groups excluding carboxylic acids is 1. The molecule has 3 unspecified atom stereocenters. The summed E-state index contributed by atoms with van der Waals surface area (Å²) in [5, 5.41) is 3.28. The highest BCUT2D eigenvalue weighted by molar-refractivity contribution is 5.79. The molecule has 22 heavy (non-hydrogen) atoms. The molecule has 2 bridgehead atoms. The maximum Gasteiger partial charge on any atom is 0.223 e. The van der Waals surface area contributed by atoms with E-state index in [1.165, 1.54) is 24.8 Å². The number of nitrogens with one attached hydrogen (secondary N) is 1. The summed E-state index contributed by atoms with van der Waals surface area (Å²) in [6, 6.07) is 10.7. The molecule has 3 rings (SSSR count). The third kappa shape index (κ3) is 3.19. The summed E-state index contributed by atoms with van der Waals surface area (Å²) in [6.45, 7) is 2.13. The second-order valence-electron chi connectivity index (χ2n) is 7.08. The maximum atomic E-state index is 12.7. The van der Waals surface area contributed by atoms with Crippen LogP contribution < -0.4 is 11.1 Å². The summed E-state index contributed by atoms with van der Waals surface area (Å²) < 4.78 is 0. The fourth-order valence-corrected chi connectivity index (χ4v) is 4.40. The number of carbonyl (C=O) groups is 1. The Morgan fingerprint density at radius 2 is 1.86 bits per heavy atom. The fraction of sp³-hybridized carbons (Fsp3) is 0.632. The third-order valence-electron chi connectivity index (χ3n) is 5.71. The van der Waals surface area contributed by atoms with Crippen LogP contribution in [-0.4, -0.2) is 11.9 Å². The zero-order chi connectivity index (χ0) is 15.5. The van der Waals surface area contributed by atoms with Gasteiger partial charge in [0.25, 0.3) is 0 Å². The summed E-state index contributed by atoms with van der Waals surface area (Å²) >= 11 is 0. The van der Waals surface area contributed by atoms with E-state index in [1.54, 1.807) is 0 Å². The van der Waals surface area contributed by atoms with Crippen molar-refractivity contribution in [3.05, 3.63) is 35.9 Å². The number of hydrogen-bond donors (Lipinski definition) is 2. The van der Waals surface area contributed by atoms with Crippen LogP contribution in [0.3, 0.4) is 0 Å². The number of benzene rings is 1. The average Bonchev–Trinajstić information content (AvgIpc) is 2.53. The Kier molecular flexibility index (Phi) is 4.82. The molecule has 3 nitrogen and oxygen atoms in total. The molecule has 0 heterocycles. The van der Waals surface area contributed by atoms with Crippen LogP contribution in [0.4, 0.5) is 0 Å². The first-order valence-corrected chi connectivity index (χ1v) is 8.80. The van der Waals surface area contributed by atoms with E-state index < -0.39 is 0 Å². The Morgan fingerprint density at radius 1 is 1.23 bits per heavy atom. The van der Waals surface area contributed by atoms with Gasteiger partial charge in [0.1, 0.15) is 0 Å². The van der Waals surface area contributed by atoms with Crippen molar-refractivity contribution >= 4 is 5.91 Å². The van der Waals surface area contributed by atoms with Crippen molar-refractivity contribution in [3.63, 3.8) is 0 Å². The van der Waals surface area contributed by atoms with Gasteiger partial charge in [0, 0.05) is 12.0 Å². The highest BCUT2D eigenvalue weighted by Crippen LogP contribution is 2.42. The van der Waals surface area contributed by atoms with Crippen molar-refractivity contribution in [2.75, 3.05) is 0 Å². The minimum Gasteiger partial charge on any atom is -0.349 e. The van der Waals surface area contributed by atoms with Crippen molar-refractivity contribution in [1.82, 2.24) is 5.32 Å². The lowest BCUT2D eigenvalue weighted by Gasteiger charge is -2.43. The first-order chi connectivity index (χ1) is 10.7. The van der Waals surface area contributed by atoms with E-state index in [-0.39, 0.29) is 17.9 Å². The van der Waals surface area contributed by atoms with E-state index in [9.17, 15) is 4.79 Å². The second-order valence-corrected chi connectivity index (χ2v) is 7.08. The molecule has 0 radical (unpaired) electrons. The molecule has 3 N–H and O–H groups in total. The minimum absolute atomic E-state index is 0.129. The van der Waals surface area contributed by atoms with Crippen molar-refractivity contribution in [2.45, 2.75) is 57.5 Å². The predicted octanol–water partition coefficient (Wildman–Crippen LogP) is 3.41. The molecule has 1 aromatic rings. The van der Waals surface area contributed by atoms with Gasteiger partial charge in [-0.3, -0.25) is 4.79 Å². The smallest absolute Gasteiger partial charge is 0.223 e. The zero-order valence-corrected chi connectivity index (χ0v) is 13.5. The van der Waals surface area contributed by atoms with E-state index in [4.69, 9.17) is 5.73 Å². The van der Waals surface area contributed by atoms with Gasteiger partial charge in [-0.2, -0.15) is 0 Å². The SMILES string of the molecule is CCC(NC(=O)C1CC2CCCC(C1)C2N)c1ccccc1. The maximum absolute atomic E-state index is 12.7. The number of fused-ring (bicyclic) bond motifs is 2. The lowest BCUT2D eigenvalue weighted by molar-refractivity contribution is -0.128. The molecule has 2 saturated carbocycles. The molecule has 0 saturated heterocycles. The molecule has 2 aliphatic rings. The molecular weight excluding hydrogens is 272 g/mol. The quantitative estimate of drug-likeness (QED) is 0.895. The molecule has 120 valence electrons. The lowest BCUT2D eigenvalue weighted by atomic mass is 9.65. The monoisotopic (exact) mass is 300 g/mol. The first kappa shape index (κ1) is 15.5. The Balaban J connectivity index is 1.64. The van der Waals surface area contributed by atoms with Crippen LogP contribution in [0.15, 0.2) is 30.3 Å². The Bertz CT molecular complexity index is 487. The number of hydrogen-bond acceptors (Lipinski definition) is 2. The fourth-order valence-electron chi connectivity index (χ4n) is 4.40. The van der Waals surface area contributed by atoms with E-state index in [0.29, 0.717) is 17.9 Å². The van der Waals surface area contributed by atoms with Crippen LogP contribution in [0.25, 0.3) is 0 Å². The second kappa shape index (κ2) is 6.82. The largest absolute Gasteiger partial charge is 0.349 e. The summed E-state index contributed by atoms with van der Waals surface area (Å²) in [5.74, 6) is 1.51. The summed E-state index contributed by atoms with van der Waals surface area (Å²) in [4.78, 5) is 12.7. The standard InChI is InChI=1S/C19H28N2O/c1-2-17(13-7-4-3-5-8-13)21-19(22)16-11-14-9-6-10-15(12-16)18(14)20/h3-5,7-8,14-18H,2,6,9-12,20H2,1H3,(H,21,22). The van der Waals surface area contributed by atoms with Crippen molar-refractivity contribution < 1.29 is 4.79 Å². The molecular formula is C19H28N2O. The van der Waals surface area contributed by atoms with Gasteiger partial charge in [-0.15, -0.1) is 0 Å². The molecule has 1 aromatic carbocycles. The van der Waals surface area contributed by atoms with Gasteiger partial charge < -0.3 is 11.1 Å². The summed E-state index contributed by atoms with van der Waals surface area (Å²) in [6.07, 6.45) is 6.59. The van der Waals surface area contributed by atoms with Gasteiger partial charge in [0.15, 0.2) is 0 Å². The third-order valence-corrected chi connectivity index (χ3v) is 5.71. The summed E-state index contributed by atoms with van der Waals surface area (Å²) in [7, 11) is 0. The molecule has 1 amide bonds. The highest BCUT2D eigenvalue weighted by atomic mass is 16.1. The van der Waals surface area contributed by atoms with E-state index in [1.807, 2.05) is 18.2 Å². The minimum atomic E-state index is 0.129. The number of rotatable bonds is 4. The lowest BCUT2D eigenvalue weighted by Crippen LogP contribution is -2.49. The van der Waals surface area contributed by atoms with Crippen LogP contribution in [0.5, 0.6) is 0 Å². The van der Waals surface area contributed by atoms with Crippen LogP contribution in [0.2, 0.25) is 0 Å². The molecule has 3 atom stereocenters. The van der Waals surface area contributed by atoms with Crippen molar-refractivity contribution in [1.29, 1.82) is 0 Å². The van der Waals surface area contributed by atoms with Crippen LogP contribution in [0, 0.1) is 17.8 Å². The van der Waals surface area contributed by atoms with Gasteiger partial charge in [-0.1, -0.05) is 43.7 Å². The Labute approximate surface area is 133 Å². The van der Waals surface area contributed by atoms with Gasteiger partial charge in [-0.25, -0.2) is 0 Å². The van der Waals surface area contributed by atoms with Crippen molar-refractivity contribution in [2.24, 2.45) is 23.5 Å². The van der Waals surface area contributed by atoms with Crippen LogP contribution in [0.1, 0.15) is 57.1 Å². The molecule has 2 aliphatic carbocycles. The first-order valence-electron chi connectivity index (χ1n) is 8.80. The van der Waals surface area contributed by atoms with Gasteiger partial charge in [0.05, 0.1) is 6.04 Å². The average molecular weight is 300 g/mol. The van der Waals surface area contributed by atoms with E-state index in [2.05, 4.69) is 24.4 Å². The topological polar surface area (TPSA) is 55.1 Å². The van der Waals surface area contributed by atoms with Gasteiger partial charge in [-0.05, 0) is 49.5 Å². The Morgan fingerprint density at radius 3 is 2.45 bits per heavy atom. The zero-order valence-electron chi connectivity index (χ0n) is 13.5. The van der Waals surface area contributed by atoms with Crippen LogP contribution in [-0.2, 0) is 4.79 Å². The normalized spacial score (nSPS) is 32.3. The van der Waals surface area contributed by atoms with E-state index >= 15 is 0 Å². The molecule has 0 spiro atoms. The van der Waals surface area contributed by atoms with Crippen molar-refractivity contribution in [3.8, 4) is 0 Å². The number of nitrogens with two attached hydrogens (primary N) is 1. The number of amides is 1. The molecule has 2 fully saturated rings. The predicted molar refractivity (Wildman–Crippen MR) is 89.1 cm³/mol.